The number of ether oxygens (including phenoxy) is 2. The zero-order valence-corrected chi connectivity index (χ0v) is 13.0. The molecule has 0 aliphatic carbocycles. The van der Waals surface area contributed by atoms with E-state index >= 15 is 0 Å². The van der Waals surface area contributed by atoms with Gasteiger partial charge in [-0.3, -0.25) is 0 Å². The van der Waals surface area contributed by atoms with Crippen LogP contribution in [0.5, 0.6) is 5.75 Å². The molecule has 116 valence electrons. The topological polar surface area (TPSA) is 56.3 Å². The third-order valence-corrected chi connectivity index (χ3v) is 3.64. The molecular formula is C17H21N3O2. The summed E-state index contributed by atoms with van der Waals surface area (Å²) in [6.07, 6.45) is 2.85. The lowest BCUT2D eigenvalue weighted by Gasteiger charge is -2.16. The molecule has 1 aromatic heterocycles. The fraction of sp³-hybridized carbons (Fsp3) is 0.412. The maximum absolute atomic E-state index is 6.09. The first kappa shape index (κ1) is 14.8. The lowest BCUT2D eigenvalue weighted by atomic mass is 10.1. The molecule has 1 saturated heterocycles. The van der Waals surface area contributed by atoms with Crippen LogP contribution in [0.2, 0.25) is 0 Å². The van der Waals surface area contributed by atoms with Gasteiger partial charge in [-0.2, -0.15) is 0 Å². The van der Waals surface area contributed by atoms with Gasteiger partial charge in [0, 0.05) is 30.4 Å². The van der Waals surface area contributed by atoms with Crippen molar-refractivity contribution in [1.29, 1.82) is 0 Å². The van der Waals surface area contributed by atoms with Gasteiger partial charge >= 0.3 is 0 Å². The summed E-state index contributed by atoms with van der Waals surface area (Å²) in [5, 5.41) is 3.25. The van der Waals surface area contributed by atoms with E-state index in [9.17, 15) is 0 Å². The van der Waals surface area contributed by atoms with Crippen molar-refractivity contribution in [3.63, 3.8) is 0 Å². The van der Waals surface area contributed by atoms with E-state index < -0.39 is 0 Å². The Bertz CT molecular complexity index is 640. The van der Waals surface area contributed by atoms with Crippen LogP contribution in [-0.4, -0.2) is 29.3 Å². The maximum atomic E-state index is 6.09. The molecule has 1 atom stereocenters. The number of hydrogen-bond donors (Lipinski definition) is 1. The van der Waals surface area contributed by atoms with Gasteiger partial charge in [0.05, 0.1) is 13.2 Å². The zero-order chi connectivity index (χ0) is 15.4. The number of benzene rings is 1. The summed E-state index contributed by atoms with van der Waals surface area (Å²) in [6.45, 7) is 6.10. The van der Waals surface area contributed by atoms with Crippen LogP contribution in [0.25, 0.3) is 0 Å². The number of aromatic nitrogens is 2. The summed E-state index contributed by atoms with van der Waals surface area (Å²) in [5.41, 5.74) is 3.23. The van der Waals surface area contributed by atoms with E-state index in [4.69, 9.17) is 9.47 Å². The van der Waals surface area contributed by atoms with Crippen LogP contribution >= 0.6 is 0 Å². The number of nitrogens with one attached hydrogen (secondary N) is 1. The minimum absolute atomic E-state index is 0.149. The van der Waals surface area contributed by atoms with E-state index in [1.54, 1.807) is 6.20 Å². The van der Waals surface area contributed by atoms with E-state index in [0.29, 0.717) is 19.1 Å². The van der Waals surface area contributed by atoms with Crippen molar-refractivity contribution >= 4 is 5.95 Å². The van der Waals surface area contributed by atoms with Gasteiger partial charge in [0.15, 0.2) is 0 Å². The minimum Gasteiger partial charge on any atom is -0.488 e. The van der Waals surface area contributed by atoms with Gasteiger partial charge in [-0.05, 0) is 31.5 Å². The first-order valence-electron chi connectivity index (χ1n) is 7.58. The van der Waals surface area contributed by atoms with Crippen LogP contribution in [0.4, 0.5) is 5.95 Å². The summed E-state index contributed by atoms with van der Waals surface area (Å²) in [6, 6.07) is 8.13. The van der Waals surface area contributed by atoms with Gasteiger partial charge < -0.3 is 14.8 Å². The molecule has 0 radical (unpaired) electrons. The van der Waals surface area contributed by atoms with Gasteiger partial charge in [0.2, 0.25) is 5.95 Å². The Hall–Kier alpha value is -2.14. The van der Waals surface area contributed by atoms with Crippen molar-refractivity contribution in [2.45, 2.75) is 32.9 Å². The summed E-state index contributed by atoms with van der Waals surface area (Å²) in [5.74, 6) is 1.55. The highest BCUT2D eigenvalue weighted by Crippen LogP contribution is 2.24. The fourth-order valence-electron chi connectivity index (χ4n) is 2.41. The largest absolute Gasteiger partial charge is 0.488 e. The lowest BCUT2D eigenvalue weighted by Crippen LogP contribution is -2.17. The van der Waals surface area contributed by atoms with Crippen LogP contribution in [0.15, 0.2) is 30.5 Å². The second-order valence-electron chi connectivity index (χ2n) is 5.59. The molecule has 1 aliphatic heterocycles. The monoisotopic (exact) mass is 299 g/mol. The third-order valence-electron chi connectivity index (χ3n) is 3.64. The second-order valence-corrected chi connectivity index (χ2v) is 5.59. The zero-order valence-electron chi connectivity index (χ0n) is 13.0. The van der Waals surface area contributed by atoms with E-state index in [1.165, 1.54) is 5.56 Å². The molecule has 0 bridgehead atoms. The Morgan fingerprint density at radius 2 is 2.23 bits per heavy atom. The van der Waals surface area contributed by atoms with E-state index in [1.807, 2.05) is 13.0 Å². The van der Waals surface area contributed by atoms with E-state index in [2.05, 4.69) is 40.4 Å². The Kier molecular flexibility index (Phi) is 4.53. The van der Waals surface area contributed by atoms with Gasteiger partial charge in [0.1, 0.15) is 11.9 Å². The number of hydrogen-bond acceptors (Lipinski definition) is 5. The van der Waals surface area contributed by atoms with Gasteiger partial charge in [-0.25, -0.2) is 9.97 Å². The highest BCUT2D eigenvalue weighted by atomic mass is 16.5. The molecule has 0 unspecified atom stereocenters. The maximum Gasteiger partial charge on any atom is 0.223 e. The van der Waals surface area contributed by atoms with Crippen molar-refractivity contribution in [1.82, 2.24) is 9.97 Å². The number of nitrogens with zero attached hydrogens (tertiary/aromatic N) is 2. The summed E-state index contributed by atoms with van der Waals surface area (Å²) >= 11 is 0. The molecular weight excluding hydrogens is 278 g/mol. The Balaban J connectivity index is 1.71. The number of anilines is 1. The Labute approximate surface area is 130 Å². The molecule has 0 spiro atoms. The van der Waals surface area contributed by atoms with Crippen LogP contribution in [-0.2, 0) is 11.3 Å². The molecule has 0 saturated carbocycles. The highest BCUT2D eigenvalue weighted by Gasteiger charge is 2.18. The predicted molar refractivity (Wildman–Crippen MR) is 85.1 cm³/mol. The van der Waals surface area contributed by atoms with Crippen molar-refractivity contribution in [2.24, 2.45) is 0 Å². The molecule has 0 amide bonds. The fourth-order valence-corrected chi connectivity index (χ4v) is 2.41. The minimum atomic E-state index is 0.149. The molecule has 3 rings (SSSR count). The normalized spacial score (nSPS) is 17.5. The van der Waals surface area contributed by atoms with Crippen LogP contribution < -0.4 is 10.1 Å². The average Bonchev–Trinajstić information content (AvgIpc) is 2.99. The molecule has 1 aromatic carbocycles. The second kappa shape index (κ2) is 6.75. The Morgan fingerprint density at radius 1 is 1.32 bits per heavy atom. The molecule has 2 heterocycles. The number of rotatable bonds is 5. The lowest BCUT2D eigenvalue weighted by molar-refractivity contribution is 0.140. The van der Waals surface area contributed by atoms with Gasteiger partial charge in [-0.15, -0.1) is 0 Å². The smallest absolute Gasteiger partial charge is 0.223 e. The van der Waals surface area contributed by atoms with Gasteiger partial charge in [0.25, 0.3) is 0 Å². The molecule has 1 aliphatic rings. The molecule has 5 heteroatoms. The molecule has 22 heavy (non-hydrogen) atoms. The van der Waals surface area contributed by atoms with E-state index in [-0.39, 0.29) is 6.10 Å². The Morgan fingerprint density at radius 3 is 3.00 bits per heavy atom. The highest BCUT2D eigenvalue weighted by molar-refractivity contribution is 5.40. The standard InChI is InChI=1S/C17H21N3O2/c1-12-3-4-14(10-19-17-18-7-5-13(2)20-17)16(9-12)22-15-6-8-21-11-15/h3-5,7,9,15H,6,8,10-11H2,1-2H3,(H,18,19,20)/t15-/m0/s1. The van der Waals surface area contributed by atoms with Crippen LogP contribution in [0.1, 0.15) is 23.2 Å². The molecule has 1 fully saturated rings. The average molecular weight is 299 g/mol. The van der Waals surface area contributed by atoms with Crippen molar-refractivity contribution in [2.75, 3.05) is 18.5 Å². The van der Waals surface area contributed by atoms with Crippen molar-refractivity contribution in [3.05, 3.63) is 47.3 Å². The van der Waals surface area contributed by atoms with Crippen molar-refractivity contribution < 1.29 is 9.47 Å². The molecule has 1 N–H and O–H groups in total. The molecule has 2 aromatic rings. The first-order chi connectivity index (χ1) is 10.7. The first-order valence-corrected chi connectivity index (χ1v) is 7.58. The quantitative estimate of drug-likeness (QED) is 0.920. The summed E-state index contributed by atoms with van der Waals surface area (Å²) in [7, 11) is 0. The summed E-state index contributed by atoms with van der Waals surface area (Å²) < 4.78 is 11.5. The van der Waals surface area contributed by atoms with Crippen LogP contribution in [0, 0.1) is 13.8 Å². The summed E-state index contributed by atoms with van der Waals surface area (Å²) in [4.78, 5) is 8.58. The van der Waals surface area contributed by atoms with Gasteiger partial charge in [-0.1, -0.05) is 12.1 Å². The predicted octanol–water partition coefficient (Wildman–Crippen LogP) is 2.87. The van der Waals surface area contributed by atoms with E-state index in [0.717, 1.165) is 30.0 Å². The number of aryl methyl sites for hydroxylation is 2. The van der Waals surface area contributed by atoms with Crippen molar-refractivity contribution in [3.8, 4) is 5.75 Å². The molecule has 5 nitrogen and oxygen atoms in total. The van der Waals surface area contributed by atoms with Crippen LogP contribution in [0.3, 0.4) is 0 Å². The SMILES string of the molecule is Cc1ccc(CNc2nccc(C)n2)c(O[C@H]2CCOC2)c1. The third kappa shape index (κ3) is 3.74.